The SMILES string of the molecule is O=[N+]([O-])C1CNNC1c1ccccc1. The number of rotatable bonds is 2. The van der Waals surface area contributed by atoms with Crippen molar-refractivity contribution >= 4 is 0 Å². The molecule has 1 saturated heterocycles. The minimum absolute atomic E-state index is 0.230. The Kier molecular flexibility index (Phi) is 2.43. The fourth-order valence-electron chi connectivity index (χ4n) is 1.65. The molecular weight excluding hydrogens is 182 g/mol. The molecule has 5 nitrogen and oxygen atoms in total. The molecule has 0 saturated carbocycles. The normalized spacial score (nSPS) is 26.3. The summed E-state index contributed by atoms with van der Waals surface area (Å²) >= 11 is 0. The second kappa shape index (κ2) is 3.73. The van der Waals surface area contributed by atoms with Gasteiger partial charge in [0, 0.05) is 4.92 Å². The van der Waals surface area contributed by atoms with E-state index in [4.69, 9.17) is 0 Å². The van der Waals surface area contributed by atoms with Crippen LogP contribution in [0.3, 0.4) is 0 Å². The van der Waals surface area contributed by atoms with Crippen molar-refractivity contribution in [3.05, 3.63) is 46.0 Å². The molecule has 1 aliphatic rings. The maximum absolute atomic E-state index is 10.7. The Morgan fingerprint density at radius 3 is 2.71 bits per heavy atom. The first-order chi connectivity index (χ1) is 6.79. The van der Waals surface area contributed by atoms with E-state index in [1.807, 2.05) is 30.3 Å². The molecule has 74 valence electrons. The summed E-state index contributed by atoms with van der Waals surface area (Å²) in [6, 6.07) is 8.62. The van der Waals surface area contributed by atoms with Crippen LogP contribution in [-0.2, 0) is 0 Å². The van der Waals surface area contributed by atoms with E-state index >= 15 is 0 Å². The average molecular weight is 193 g/mol. The molecule has 0 amide bonds. The van der Waals surface area contributed by atoms with Crippen molar-refractivity contribution in [1.82, 2.24) is 10.9 Å². The van der Waals surface area contributed by atoms with Gasteiger partial charge in [0.05, 0.1) is 6.54 Å². The highest BCUT2D eigenvalue weighted by Gasteiger charge is 2.36. The lowest BCUT2D eigenvalue weighted by Crippen LogP contribution is -2.29. The van der Waals surface area contributed by atoms with Crippen LogP contribution in [0.2, 0.25) is 0 Å². The summed E-state index contributed by atoms with van der Waals surface area (Å²) in [6.07, 6.45) is 0. The Morgan fingerprint density at radius 2 is 2.07 bits per heavy atom. The largest absolute Gasteiger partial charge is 0.264 e. The number of nitro groups is 1. The lowest BCUT2D eigenvalue weighted by molar-refractivity contribution is -0.520. The molecule has 2 rings (SSSR count). The second-order valence-electron chi connectivity index (χ2n) is 3.27. The van der Waals surface area contributed by atoms with Crippen LogP contribution in [0, 0.1) is 10.1 Å². The monoisotopic (exact) mass is 193 g/mol. The third-order valence-electron chi connectivity index (χ3n) is 2.38. The van der Waals surface area contributed by atoms with E-state index in [2.05, 4.69) is 10.9 Å². The fourth-order valence-corrected chi connectivity index (χ4v) is 1.65. The van der Waals surface area contributed by atoms with E-state index in [1.54, 1.807) is 0 Å². The van der Waals surface area contributed by atoms with Gasteiger partial charge in [-0.15, -0.1) is 0 Å². The third kappa shape index (κ3) is 1.59. The lowest BCUT2D eigenvalue weighted by Gasteiger charge is -2.11. The maximum Gasteiger partial charge on any atom is 0.247 e. The molecule has 14 heavy (non-hydrogen) atoms. The van der Waals surface area contributed by atoms with Crippen molar-refractivity contribution in [3.8, 4) is 0 Å². The van der Waals surface area contributed by atoms with E-state index in [-0.39, 0.29) is 11.0 Å². The molecule has 5 heteroatoms. The van der Waals surface area contributed by atoms with Crippen molar-refractivity contribution in [3.63, 3.8) is 0 Å². The Labute approximate surface area is 81.2 Å². The summed E-state index contributed by atoms with van der Waals surface area (Å²) in [5.74, 6) is 0. The third-order valence-corrected chi connectivity index (χ3v) is 2.38. The van der Waals surface area contributed by atoms with Crippen LogP contribution in [0.25, 0.3) is 0 Å². The van der Waals surface area contributed by atoms with Crippen molar-refractivity contribution in [2.75, 3.05) is 6.54 Å². The van der Waals surface area contributed by atoms with Gasteiger partial charge in [0.2, 0.25) is 6.04 Å². The van der Waals surface area contributed by atoms with Gasteiger partial charge < -0.3 is 0 Å². The summed E-state index contributed by atoms with van der Waals surface area (Å²) in [4.78, 5) is 10.5. The van der Waals surface area contributed by atoms with Gasteiger partial charge >= 0.3 is 0 Å². The quantitative estimate of drug-likeness (QED) is 0.529. The molecule has 0 aromatic heterocycles. The first kappa shape index (κ1) is 9.11. The molecule has 1 aromatic rings. The molecule has 0 spiro atoms. The fraction of sp³-hybridized carbons (Fsp3) is 0.333. The van der Waals surface area contributed by atoms with Gasteiger partial charge in [-0.3, -0.25) is 15.5 Å². The van der Waals surface area contributed by atoms with Crippen LogP contribution >= 0.6 is 0 Å². The molecule has 1 fully saturated rings. The van der Waals surface area contributed by atoms with E-state index in [0.29, 0.717) is 6.54 Å². The zero-order valence-electron chi connectivity index (χ0n) is 7.51. The zero-order chi connectivity index (χ0) is 9.97. The summed E-state index contributed by atoms with van der Waals surface area (Å²) < 4.78 is 0. The number of benzene rings is 1. The lowest BCUT2D eigenvalue weighted by atomic mass is 10.0. The highest BCUT2D eigenvalue weighted by molar-refractivity contribution is 5.20. The summed E-state index contributed by atoms with van der Waals surface area (Å²) in [6.45, 7) is 0.368. The standard InChI is InChI=1S/C9H11N3O2/c13-12(14)8-6-10-11-9(8)7-4-2-1-3-5-7/h1-5,8-11H,6H2. The predicted octanol–water partition coefficient (Wildman–Crippen LogP) is 0.481. The molecule has 2 atom stereocenters. The van der Waals surface area contributed by atoms with Gasteiger partial charge in [0.25, 0.3) is 0 Å². The van der Waals surface area contributed by atoms with Gasteiger partial charge in [-0.2, -0.15) is 0 Å². The maximum atomic E-state index is 10.7. The Balaban J connectivity index is 2.22. The first-order valence-corrected chi connectivity index (χ1v) is 4.46. The molecule has 2 unspecified atom stereocenters. The first-order valence-electron chi connectivity index (χ1n) is 4.46. The van der Waals surface area contributed by atoms with Crippen molar-refractivity contribution in [2.45, 2.75) is 12.1 Å². The van der Waals surface area contributed by atoms with E-state index < -0.39 is 6.04 Å². The number of hydrogen-bond acceptors (Lipinski definition) is 4. The molecule has 1 heterocycles. The molecule has 1 aromatic carbocycles. The topological polar surface area (TPSA) is 67.2 Å². The molecule has 2 N–H and O–H groups in total. The number of hydrogen-bond donors (Lipinski definition) is 2. The molecule has 0 bridgehead atoms. The summed E-state index contributed by atoms with van der Waals surface area (Å²) in [5.41, 5.74) is 6.67. The van der Waals surface area contributed by atoms with Crippen molar-refractivity contribution < 1.29 is 4.92 Å². The van der Waals surface area contributed by atoms with Crippen LogP contribution in [0.1, 0.15) is 11.6 Å². The Bertz CT molecular complexity index is 328. The summed E-state index contributed by atoms with van der Waals surface area (Å²) in [7, 11) is 0. The molecule has 0 aliphatic carbocycles. The van der Waals surface area contributed by atoms with Gasteiger partial charge in [0.15, 0.2) is 0 Å². The summed E-state index contributed by atoms with van der Waals surface area (Å²) in [5, 5.41) is 10.7. The van der Waals surface area contributed by atoms with Crippen LogP contribution in [-0.4, -0.2) is 17.5 Å². The number of hydrazine groups is 1. The molecule has 0 radical (unpaired) electrons. The van der Waals surface area contributed by atoms with Gasteiger partial charge in [0.1, 0.15) is 6.04 Å². The number of nitrogens with zero attached hydrogens (tertiary/aromatic N) is 1. The van der Waals surface area contributed by atoms with E-state index in [1.165, 1.54) is 0 Å². The van der Waals surface area contributed by atoms with Crippen molar-refractivity contribution in [1.29, 1.82) is 0 Å². The highest BCUT2D eigenvalue weighted by atomic mass is 16.6. The van der Waals surface area contributed by atoms with E-state index in [9.17, 15) is 10.1 Å². The van der Waals surface area contributed by atoms with Gasteiger partial charge in [-0.05, 0) is 5.56 Å². The number of nitrogens with one attached hydrogen (secondary N) is 2. The molecular formula is C9H11N3O2. The van der Waals surface area contributed by atoms with Crippen molar-refractivity contribution in [2.24, 2.45) is 0 Å². The highest BCUT2D eigenvalue weighted by Crippen LogP contribution is 2.20. The van der Waals surface area contributed by atoms with Crippen LogP contribution < -0.4 is 10.9 Å². The Hall–Kier alpha value is -1.46. The predicted molar refractivity (Wildman–Crippen MR) is 51.1 cm³/mol. The van der Waals surface area contributed by atoms with E-state index in [0.717, 1.165) is 5.56 Å². The van der Waals surface area contributed by atoms with Gasteiger partial charge in [-0.1, -0.05) is 30.3 Å². The minimum atomic E-state index is -0.586. The smallest absolute Gasteiger partial charge is 0.247 e. The average Bonchev–Trinajstić information content (AvgIpc) is 2.67. The second-order valence-corrected chi connectivity index (χ2v) is 3.27. The van der Waals surface area contributed by atoms with Crippen LogP contribution in [0.4, 0.5) is 0 Å². The Morgan fingerprint density at radius 1 is 1.36 bits per heavy atom. The zero-order valence-corrected chi connectivity index (χ0v) is 7.51. The molecule has 1 aliphatic heterocycles. The minimum Gasteiger partial charge on any atom is -0.264 e. The van der Waals surface area contributed by atoms with Gasteiger partial charge in [-0.25, -0.2) is 5.43 Å². The van der Waals surface area contributed by atoms with Crippen LogP contribution in [0.15, 0.2) is 30.3 Å². The van der Waals surface area contributed by atoms with Crippen LogP contribution in [0.5, 0.6) is 0 Å².